The molecule has 1 heterocycles. The first-order valence-electron chi connectivity index (χ1n) is 4.45. The molecular weight excluding hydrogens is 180 g/mol. The molecule has 0 saturated heterocycles. The summed E-state index contributed by atoms with van der Waals surface area (Å²) in [5.41, 5.74) is 1.01. The molecule has 1 aromatic rings. The molecule has 0 aliphatic carbocycles. The first kappa shape index (κ1) is 9.09. The molecule has 0 spiro atoms. The summed E-state index contributed by atoms with van der Waals surface area (Å²) in [6, 6.07) is 9.80. The van der Waals surface area contributed by atoms with Crippen molar-refractivity contribution in [3.05, 3.63) is 47.9 Å². The molecule has 2 rings (SSSR count). The molecule has 0 radical (unpaired) electrons. The van der Waals surface area contributed by atoms with Crippen LogP contribution in [0.25, 0.3) is 0 Å². The minimum atomic E-state index is -0.318. The molecule has 0 amide bonds. The second kappa shape index (κ2) is 4.15. The SMILES string of the molecule is COCC1=COC(c2ccccc2)O1. The third-order valence-electron chi connectivity index (χ3n) is 1.94. The fraction of sp³-hybridized carbons (Fsp3) is 0.273. The van der Waals surface area contributed by atoms with Crippen molar-refractivity contribution in [2.75, 3.05) is 13.7 Å². The summed E-state index contributed by atoms with van der Waals surface area (Å²) in [4.78, 5) is 0. The van der Waals surface area contributed by atoms with Gasteiger partial charge in [-0.15, -0.1) is 0 Å². The lowest BCUT2D eigenvalue weighted by Gasteiger charge is -2.11. The third-order valence-corrected chi connectivity index (χ3v) is 1.94. The van der Waals surface area contributed by atoms with Gasteiger partial charge in [-0.25, -0.2) is 0 Å². The maximum atomic E-state index is 5.50. The van der Waals surface area contributed by atoms with E-state index in [1.54, 1.807) is 13.4 Å². The smallest absolute Gasteiger partial charge is 0.266 e. The van der Waals surface area contributed by atoms with Crippen LogP contribution >= 0.6 is 0 Å². The number of ether oxygens (including phenoxy) is 3. The fourth-order valence-corrected chi connectivity index (χ4v) is 1.30. The van der Waals surface area contributed by atoms with Crippen LogP contribution in [0.5, 0.6) is 0 Å². The van der Waals surface area contributed by atoms with Gasteiger partial charge in [-0.1, -0.05) is 30.3 Å². The predicted octanol–water partition coefficient (Wildman–Crippen LogP) is 2.22. The van der Waals surface area contributed by atoms with Crippen molar-refractivity contribution in [2.45, 2.75) is 6.29 Å². The Morgan fingerprint density at radius 1 is 1.29 bits per heavy atom. The van der Waals surface area contributed by atoms with Gasteiger partial charge < -0.3 is 14.2 Å². The van der Waals surface area contributed by atoms with Gasteiger partial charge in [0.15, 0.2) is 5.76 Å². The lowest BCUT2D eigenvalue weighted by atomic mass is 10.2. The van der Waals surface area contributed by atoms with Crippen molar-refractivity contribution in [3.63, 3.8) is 0 Å². The van der Waals surface area contributed by atoms with E-state index in [-0.39, 0.29) is 6.29 Å². The van der Waals surface area contributed by atoms with Crippen molar-refractivity contribution in [2.24, 2.45) is 0 Å². The summed E-state index contributed by atoms with van der Waals surface area (Å²) >= 11 is 0. The number of hydrogen-bond donors (Lipinski definition) is 0. The summed E-state index contributed by atoms with van der Waals surface area (Å²) in [6.45, 7) is 0.448. The van der Waals surface area contributed by atoms with Gasteiger partial charge in [0.2, 0.25) is 0 Å². The fourth-order valence-electron chi connectivity index (χ4n) is 1.30. The normalized spacial score (nSPS) is 19.8. The zero-order valence-corrected chi connectivity index (χ0v) is 7.97. The molecule has 0 bridgehead atoms. The summed E-state index contributed by atoms with van der Waals surface area (Å²) < 4.78 is 15.8. The number of methoxy groups -OCH3 is 1. The monoisotopic (exact) mass is 192 g/mol. The largest absolute Gasteiger partial charge is 0.455 e. The van der Waals surface area contributed by atoms with Gasteiger partial charge in [-0.3, -0.25) is 0 Å². The number of benzene rings is 1. The molecule has 3 heteroatoms. The maximum Gasteiger partial charge on any atom is 0.266 e. The van der Waals surface area contributed by atoms with Crippen LogP contribution in [0.2, 0.25) is 0 Å². The van der Waals surface area contributed by atoms with Crippen molar-refractivity contribution in [1.82, 2.24) is 0 Å². The topological polar surface area (TPSA) is 27.7 Å². The molecule has 1 atom stereocenters. The molecular formula is C11H12O3. The van der Waals surface area contributed by atoms with E-state index < -0.39 is 0 Å². The van der Waals surface area contributed by atoms with E-state index in [1.807, 2.05) is 30.3 Å². The van der Waals surface area contributed by atoms with Gasteiger partial charge in [0, 0.05) is 12.7 Å². The lowest BCUT2D eigenvalue weighted by molar-refractivity contribution is -0.0411. The minimum absolute atomic E-state index is 0.318. The van der Waals surface area contributed by atoms with Gasteiger partial charge in [-0.05, 0) is 0 Å². The second-order valence-electron chi connectivity index (χ2n) is 3.01. The Morgan fingerprint density at radius 2 is 2.07 bits per heavy atom. The second-order valence-corrected chi connectivity index (χ2v) is 3.01. The van der Waals surface area contributed by atoms with Crippen LogP contribution in [0.4, 0.5) is 0 Å². The highest BCUT2D eigenvalue weighted by atomic mass is 16.7. The zero-order valence-electron chi connectivity index (χ0n) is 7.97. The third kappa shape index (κ3) is 1.88. The van der Waals surface area contributed by atoms with Gasteiger partial charge in [0.25, 0.3) is 6.29 Å². The first-order valence-corrected chi connectivity index (χ1v) is 4.45. The Bertz CT molecular complexity index is 319. The van der Waals surface area contributed by atoms with Crippen LogP contribution in [-0.2, 0) is 14.2 Å². The Balaban J connectivity index is 1.99. The van der Waals surface area contributed by atoms with Crippen LogP contribution in [0.1, 0.15) is 11.9 Å². The Labute approximate surface area is 82.9 Å². The van der Waals surface area contributed by atoms with E-state index >= 15 is 0 Å². The van der Waals surface area contributed by atoms with E-state index in [1.165, 1.54) is 0 Å². The highest BCUT2D eigenvalue weighted by molar-refractivity contribution is 5.17. The molecule has 74 valence electrons. The molecule has 1 unspecified atom stereocenters. The van der Waals surface area contributed by atoms with Crippen LogP contribution in [0.15, 0.2) is 42.4 Å². The van der Waals surface area contributed by atoms with E-state index in [0.717, 1.165) is 11.3 Å². The number of rotatable bonds is 3. The van der Waals surface area contributed by atoms with E-state index in [2.05, 4.69) is 0 Å². The molecule has 3 nitrogen and oxygen atoms in total. The van der Waals surface area contributed by atoms with Gasteiger partial charge >= 0.3 is 0 Å². The van der Waals surface area contributed by atoms with Gasteiger partial charge in [-0.2, -0.15) is 0 Å². The molecule has 14 heavy (non-hydrogen) atoms. The Kier molecular flexibility index (Phi) is 2.70. The summed E-state index contributed by atoms with van der Waals surface area (Å²) in [6.07, 6.45) is 1.28. The van der Waals surface area contributed by atoms with Gasteiger partial charge in [0.1, 0.15) is 12.9 Å². The van der Waals surface area contributed by atoms with Gasteiger partial charge in [0.05, 0.1) is 0 Å². The molecule has 1 aliphatic rings. The molecule has 0 N–H and O–H groups in total. The van der Waals surface area contributed by atoms with E-state index in [9.17, 15) is 0 Å². The predicted molar refractivity (Wildman–Crippen MR) is 51.3 cm³/mol. The summed E-state index contributed by atoms with van der Waals surface area (Å²) in [5, 5.41) is 0. The summed E-state index contributed by atoms with van der Waals surface area (Å²) in [5.74, 6) is 0.723. The molecule has 0 aromatic heterocycles. The van der Waals surface area contributed by atoms with Crippen molar-refractivity contribution >= 4 is 0 Å². The van der Waals surface area contributed by atoms with Crippen LogP contribution < -0.4 is 0 Å². The molecule has 0 saturated carbocycles. The minimum Gasteiger partial charge on any atom is -0.455 e. The standard InChI is InChI=1S/C11H12O3/c1-12-7-10-8-13-11(14-10)9-5-3-2-4-6-9/h2-6,8,11H,7H2,1H3. The quantitative estimate of drug-likeness (QED) is 0.734. The number of hydrogen-bond acceptors (Lipinski definition) is 3. The van der Waals surface area contributed by atoms with Crippen LogP contribution in [-0.4, -0.2) is 13.7 Å². The highest BCUT2D eigenvalue weighted by Gasteiger charge is 2.20. The summed E-state index contributed by atoms with van der Waals surface area (Å²) in [7, 11) is 1.63. The van der Waals surface area contributed by atoms with Crippen molar-refractivity contribution in [1.29, 1.82) is 0 Å². The molecule has 1 aromatic carbocycles. The highest BCUT2D eigenvalue weighted by Crippen LogP contribution is 2.27. The Hall–Kier alpha value is -1.48. The average Bonchev–Trinajstić information content (AvgIpc) is 2.68. The molecule has 0 fully saturated rings. The average molecular weight is 192 g/mol. The van der Waals surface area contributed by atoms with E-state index in [0.29, 0.717) is 6.61 Å². The first-order chi connectivity index (χ1) is 6.90. The van der Waals surface area contributed by atoms with Crippen molar-refractivity contribution < 1.29 is 14.2 Å². The Morgan fingerprint density at radius 3 is 2.79 bits per heavy atom. The van der Waals surface area contributed by atoms with E-state index in [4.69, 9.17) is 14.2 Å². The molecule has 1 aliphatic heterocycles. The van der Waals surface area contributed by atoms with Crippen LogP contribution in [0.3, 0.4) is 0 Å². The zero-order chi connectivity index (χ0) is 9.80. The van der Waals surface area contributed by atoms with Crippen molar-refractivity contribution in [3.8, 4) is 0 Å². The maximum absolute atomic E-state index is 5.50. The lowest BCUT2D eigenvalue weighted by Crippen LogP contribution is -2.01. The van der Waals surface area contributed by atoms with Crippen LogP contribution in [0, 0.1) is 0 Å².